The number of amides is 2. The second-order valence-electron chi connectivity index (χ2n) is 5.00. The highest BCUT2D eigenvalue weighted by Crippen LogP contribution is 2.17. The Morgan fingerprint density at radius 1 is 0.938 bits per heavy atom. The summed E-state index contributed by atoms with van der Waals surface area (Å²) in [6, 6.07) is 0.753. The molecule has 0 bridgehead atoms. The van der Waals surface area contributed by atoms with Gasteiger partial charge in [-0.25, -0.2) is 4.79 Å². The van der Waals surface area contributed by atoms with E-state index in [9.17, 15) is 4.79 Å². The van der Waals surface area contributed by atoms with Gasteiger partial charge in [0.25, 0.3) is 0 Å². The summed E-state index contributed by atoms with van der Waals surface area (Å²) in [6.45, 7) is 2.00. The molecule has 1 saturated heterocycles. The molecule has 1 aliphatic heterocycles. The third kappa shape index (κ3) is 3.67. The summed E-state index contributed by atoms with van der Waals surface area (Å²) in [5, 5.41) is 9.44. The number of rotatable bonds is 2. The first-order valence-electron chi connectivity index (χ1n) is 6.62. The Morgan fingerprint density at radius 2 is 1.62 bits per heavy atom. The van der Waals surface area contributed by atoms with Gasteiger partial charge < -0.3 is 16.0 Å². The first kappa shape index (κ1) is 11.7. The van der Waals surface area contributed by atoms with Crippen LogP contribution in [0.5, 0.6) is 0 Å². The number of carbonyl (C=O) groups excluding carboxylic acids is 1. The fourth-order valence-electron chi connectivity index (χ4n) is 2.63. The normalized spacial score (nSPS) is 27.4. The van der Waals surface area contributed by atoms with Crippen LogP contribution in [-0.2, 0) is 0 Å². The number of hydrogen-bond acceptors (Lipinski definition) is 2. The van der Waals surface area contributed by atoms with Crippen LogP contribution in [0.1, 0.15) is 44.9 Å². The van der Waals surface area contributed by atoms with Crippen molar-refractivity contribution in [2.24, 2.45) is 0 Å². The Balaban J connectivity index is 1.66. The molecule has 1 atom stereocenters. The molecule has 0 aromatic heterocycles. The highest BCUT2D eigenvalue weighted by Gasteiger charge is 2.18. The molecule has 1 aliphatic carbocycles. The lowest BCUT2D eigenvalue weighted by Crippen LogP contribution is -2.51. The van der Waals surface area contributed by atoms with E-state index in [1.54, 1.807) is 0 Å². The monoisotopic (exact) mass is 225 g/mol. The molecule has 0 spiro atoms. The van der Waals surface area contributed by atoms with Gasteiger partial charge in [0.2, 0.25) is 0 Å². The maximum Gasteiger partial charge on any atom is 0.315 e. The Labute approximate surface area is 97.6 Å². The molecule has 1 saturated carbocycles. The molecule has 3 N–H and O–H groups in total. The molecule has 2 rings (SSSR count). The molecule has 2 fully saturated rings. The van der Waals surface area contributed by atoms with Crippen LogP contribution < -0.4 is 16.0 Å². The lowest BCUT2D eigenvalue weighted by atomic mass is 9.96. The third-order valence-electron chi connectivity index (χ3n) is 3.57. The smallest absolute Gasteiger partial charge is 0.315 e. The molecule has 4 heteroatoms. The molecule has 2 aliphatic rings. The molecule has 16 heavy (non-hydrogen) atoms. The van der Waals surface area contributed by atoms with Gasteiger partial charge in [-0.15, -0.1) is 0 Å². The molecule has 0 aromatic carbocycles. The van der Waals surface area contributed by atoms with Gasteiger partial charge in [0, 0.05) is 18.6 Å². The average Bonchev–Trinajstić information content (AvgIpc) is 2.31. The predicted molar refractivity (Wildman–Crippen MR) is 64.4 cm³/mol. The number of carbonyl (C=O) groups is 1. The summed E-state index contributed by atoms with van der Waals surface area (Å²) >= 11 is 0. The number of nitrogens with one attached hydrogen (secondary N) is 3. The fraction of sp³-hybridized carbons (Fsp3) is 0.917. The highest BCUT2D eigenvalue weighted by molar-refractivity contribution is 5.74. The van der Waals surface area contributed by atoms with Gasteiger partial charge in [0.1, 0.15) is 0 Å². The molecule has 0 unspecified atom stereocenters. The first-order valence-corrected chi connectivity index (χ1v) is 6.62. The summed E-state index contributed by atoms with van der Waals surface area (Å²) < 4.78 is 0. The van der Waals surface area contributed by atoms with Crippen molar-refractivity contribution in [3.8, 4) is 0 Å². The Morgan fingerprint density at radius 3 is 2.31 bits per heavy atom. The van der Waals surface area contributed by atoms with E-state index in [1.165, 1.54) is 19.3 Å². The zero-order chi connectivity index (χ0) is 11.2. The van der Waals surface area contributed by atoms with Crippen molar-refractivity contribution < 1.29 is 4.79 Å². The highest BCUT2D eigenvalue weighted by atomic mass is 16.2. The minimum Gasteiger partial charge on any atom is -0.335 e. The van der Waals surface area contributed by atoms with Crippen LogP contribution in [0.4, 0.5) is 4.79 Å². The standard InChI is InChI=1S/C12H23N3O/c16-12(14-10-5-2-1-3-6-10)15-11-7-4-8-13-9-11/h10-11,13H,1-9H2,(H2,14,15,16)/t11-/m1/s1. The third-order valence-corrected chi connectivity index (χ3v) is 3.57. The van der Waals surface area contributed by atoms with Gasteiger partial charge in [-0.2, -0.15) is 0 Å². The summed E-state index contributed by atoms with van der Waals surface area (Å²) in [4.78, 5) is 11.7. The Bertz CT molecular complexity index is 198. The average molecular weight is 225 g/mol. The summed E-state index contributed by atoms with van der Waals surface area (Å²) in [7, 11) is 0. The maximum atomic E-state index is 11.7. The lowest BCUT2D eigenvalue weighted by Gasteiger charge is -2.27. The quantitative estimate of drug-likeness (QED) is 0.665. The van der Waals surface area contributed by atoms with Crippen molar-refractivity contribution in [1.82, 2.24) is 16.0 Å². The second-order valence-corrected chi connectivity index (χ2v) is 5.00. The molecule has 4 nitrogen and oxygen atoms in total. The SMILES string of the molecule is O=C(NC1CCCCC1)N[C@@H]1CCCNC1. The lowest BCUT2D eigenvalue weighted by molar-refractivity contribution is 0.226. The number of hydrogen-bond donors (Lipinski definition) is 3. The van der Waals surface area contributed by atoms with E-state index >= 15 is 0 Å². The number of piperidine rings is 1. The van der Waals surface area contributed by atoms with Crippen LogP contribution in [0.25, 0.3) is 0 Å². The molecule has 1 heterocycles. The molecule has 0 aromatic rings. The summed E-state index contributed by atoms with van der Waals surface area (Å²) in [5.74, 6) is 0. The van der Waals surface area contributed by atoms with Crippen LogP contribution in [0, 0.1) is 0 Å². The van der Waals surface area contributed by atoms with Crippen molar-refractivity contribution >= 4 is 6.03 Å². The van der Waals surface area contributed by atoms with Gasteiger partial charge in [-0.1, -0.05) is 19.3 Å². The summed E-state index contributed by atoms with van der Waals surface area (Å²) in [6.07, 6.45) is 8.41. The molecule has 0 radical (unpaired) electrons. The molecular weight excluding hydrogens is 202 g/mol. The van der Waals surface area contributed by atoms with Crippen LogP contribution in [0.2, 0.25) is 0 Å². The van der Waals surface area contributed by atoms with Crippen molar-refractivity contribution in [1.29, 1.82) is 0 Å². The van der Waals surface area contributed by atoms with Gasteiger partial charge in [-0.3, -0.25) is 0 Å². The maximum absolute atomic E-state index is 11.7. The van der Waals surface area contributed by atoms with E-state index in [1.807, 2.05) is 0 Å². The number of urea groups is 1. The van der Waals surface area contributed by atoms with E-state index < -0.39 is 0 Å². The van der Waals surface area contributed by atoms with Crippen molar-refractivity contribution in [3.63, 3.8) is 0 Å². The van der Waals surface area contributed by atoms with Crippen LogP contribution >= 0.6 is 0 Å². The van der Waals surface area contributed by atoms with Crippen LogP contribution in [0.3, 0.4) is 0 Å². The topological polar surface area (TPSA) is 53.2 Å². The Hall–Kier alpha value is -0.770. The Kier molecular flexibility index (Phi) is 4.45. The van der Waals surface area contributed by atoms with E-state index in [2.05, 4.69) is 16.0 Å². The van der Waals surface area contributed by atoms with Gasteiger partial charge in [0.05, 0.1) is 0 Å². The molecular formula is C12H23N3O. The minimum atomic E-state index is 0.0283. The first-order chi connectivity index (χ1) is 7.84. The van der Waals surface area contributed by atoms with Gasteiger partial charge >= 0.3 is 6.03 Å². The van der Waals surface area contributed by atoms with Gasteiger partial charge in [0.15, 0.2) is 0 Å². The van der Waals surface area contributed by atoms with E-state index in [4.69, 9.17) is 0 Å². The zero-order valence-electron chi connectivity index (χ0n) is 9.93. The second kappa shape index (κ2) is 6.09. The summed E-state index contributed by atoms with van der Waals surface area (Å²) in [5.41, 5.74) is 0. The van der Waals surface area contributed by atoms with E-state index in [0.717, 1.165) is 38.8 Å². The predicted octanol–water partition coefficient (Wildman–Crippen LogP) is 1.37. The van der Waals surface area contributed by atoms with Crippen LogP contribution in [-0.4, -0.2) is 31.2 Å². The van der Waals surface area contributed by atoms with E-state index in [-0.39, 0.29) is 6.03 Å². The van der Waals surface area contributed by atoms with Crippen LogP contribution in [0.15, 0.2) is 0 Å². The van der Waals surface area contributed by atoms with Gasteiger partial charge in [-0.05, 0) is 32.2 Å². The van der Waals surface area contributed by atoms with Crippen molar-refractivity contribution in [2.75, 3.05) is 13.1 Å². The molecule has 2 amide bonds. The fourth-order valence-corrected chi connectivity index (χ4v) is 2.63. The molecule has 92 valence electrons. The minimum absolute atomic E-state index is 0.0283. The van der Waals surface area contributed by atoms with Crippen molar-refractivity contribution in [3.05, 3.63) is 0 Å². The zero-order valence-corrected chi connectivity index (χ0v) is 9.93. The van der Waals surface area contributed by atoms with E-state index in [0.29, 0.717) is 12.1 Å². The largest absolute Gasteiger partial charge is 0.335 e. The van der Waals surface area contributed by atoms with Crippen molar-refractivity contribution in [2.45, 2.75) is 57.0 Å².